The molecule has 0 bridgehead atoms. The van der Waals surface area contributed by atoms with Gasteiger partial charge in [0, 0.05) is 25.7 Å². The predicted molar refractivity (Wildman–Crippen MR) is 143 cm³/mol. The van der Waals surface area contributed by atoms with Crippen LogP contribution in [0.4, 0.5) is 0 Å². The fourth-order valence-electron chi connectivity index (χ4n) is 5.35. The Morgan fingerprint density at radius 1 is 0.929 bits per heavy atom. The fraction of sp³-hybridized carbons (Fsp3) is 0.958. The second-order valence-electron chi connectivity index (χ2n) is 11.0. The van der Waals surface area contributed by atoms with Crippen LogP contribution in [-0.4, -0.2) is 166 Å². The summed E-state index contributed by atoms with van der Waals surface area (Å²) in [6, 6.07) is -3.87. The van der Waals surface area contributed by atoms with E-state index in [0.717, 1.165) is 0 Å². The molecule has 3 aliphatic rings. The summed E-state index contributed by atoms with van der Waals surface area (Å²) in [7, 11) is 0. The zero-order chi connectivity index (χ0) is 31.1. The number of hydrogen-bond donors (Lipinski definition) is 13. The van der Waals surface area contributed by atoms with Gasteiger partial charge in [-0.2, -0.15) is 0 Å². The van der Waals surface area contributed by atoms with Gasteiger partial charge in [-0.25, -0.2) is 0 Å². The maximum atomic E-state index is 12.7. The van der Waals surface area contributed by atoms with Crippen LogP contribution in [0.15, 0.2) is 0 Å². The minimum atomic E-state index is -1.90. The van der Waals surface area contributed by atoms with Gasteiger partial charge in [0.2, 0.25) is 0 Å². The molecule has 1 saturated carbocycles. The van der Waals surface area contributed by atoms with Crippen LogP contribution in [0, 0.1) is 0 Å². The molecule has 2 heterocycles. The van der Waals surface area contributed by atoms with Crippen LogP contribution in [0.5, 0.6) is 0 Å². The molecule has 15 atom stereocenters. The van der Waals surface area contributed by atoms with Crippen LogP contribution in [0.1, 0.15) is 19.3 Å². The van der Waals surface area contributed by atoms with Crippen LogP contribution in [0.3, 0.4) is 0 Å². The molecule has 18 nitrogen and oxygen atoms in total. The number of carbonyl (C=O) groups excluding carboxylic acids is 1. The smallest absolute Gasteiger partial charge is 0.251 e. The van der Waals surface area contributed by atoms with Crippen molar-refractivity contribution in [1.29, 1.82) is 0 Å². The van der Waals surface area contributed by atoms with Crippen molar-refractivity contribution < 1.29 is 59.5 Å². The Morgan fingerprint density at radius 2 is 1.62 bits per heavy atom. The number of nitrogens with two attached hydrogens (primary N) is 4. The van der Waals surface area contributed by atoms with Gasteiger partial charge >= 0.3 is 0 Å². The van der Waals surface area contributed by atoms with E-state index in [4.69, 9.17) is 47.0 Å². The van der Waals surface area contributed by atoms with E-state index in [-0.39, 0.29) is 19.1 Å². The van der Waals surface area contributed by atoms with Gasteiger partial charge in [0.05, 0.1) is 37.4 Å². The second-order valence-corrected chi connectivity index (χ2v) is 11.0. The normalized spacial score (nSPS) is 42.6. The van der Waals surface area contributed by atoms with Gasteiger partial charge < -0.3 is 88.3 Å². The number of rotatable bonds is 13. The number of aliphatic hydroxyl groups is 7. The first-order valence-electron chi connectivity index (χ1n) is 14.1. The Morgan fingerprint density at radius 3 is 2.26 bits per heavy atom. The van der Waals surface area contributed by atoms with E-state index in [1.54, 1.807) is 0 Å². The third-order valence-corrected chi connectivity index (χ3v) is 7.90. The monoisotopic (exact) mass is 612 g/mol. The second kappa shape index (κ2) is 16.2. The standard InChI is InChI=1S/C24H48N6O12/c25-6-13(33)16(34)22(38)30-12-5-11(27)20(41-23-10(26)2-1-9(39-23)7-29-3-4-31)19(37)21(12)42-24-18(36)15(28)17(35)14(8-32)40-24/h9-21,23-24,29,31-37H,1-8,25-28H2,(H,30,38)/t9-,10?,11-,12+,13-,14?,15-,16-,17?,18?,19?,20?,21?,23+,24+/m0/s1. The molecule has 7 unspecified atom stereocenters. The molecule has 18 heteroatoms. The number of hydrogen-bond acceptors (Lipinski definition) is 17. The highest BCUT2D eigenvalue weighted by molar-refractivity contribution is 5.81. The van der Waals surface area contributed by atoms with Gasteiger partial charge in [-0.1, -0.05) is 0 Å². The number of ether oxygens (including phenoxy) is 4. The first-order chi connectivity index (χ1) is 19.9. The third-order valence-electron chi connectivity index (χ3n) is 7.90. The average molecular weight is 613 g/mol. The Kier molecular flexibility index (Phi) is 13.6. The zero-order valence-electron chi connectivity index (χ0n) is 23.3. The lowest BCUT2D eigenvalue weighted by atomic mass is 9.83. The number of aliphatic hydroxyl groups excluding tert-OH is 7. The number of carbonyl (C=O) groups is 1. The highest BCUT2D eigenvalue weighted by Gasteiger charge is 2.51. The molecule has 17 N–H and O–H groups in total. The molecule has 246 valence electrons. The predicted octanol–water partition coefficient (Wildman–Crippen LogP) is -7.81. The van der Waals surface area contributed by atoms with Crippen LogP contribution in [0.2, 0.25) is 0 Å². The van der Waals surface area contributed by atoms with E-state index in [2.05, 4.69) is 10.6 Å². The summed E-state index contributed by atoms with van der Waals surface area (Å²) < 4.78 is 23.5. The summed E-state index contributed by atoms with van der Waals surface area (Å²) in [4.78, 5) is 12.7. The van der Waals surface area contributed by atoms with Gasteiger partial charge in [0.25, 0.3) is 5.91 Å². The molecule has 42 heavy (non-hydrogen) atoms. The van der Waals surface area contributed by atoms with E-state index in [0.29, 0.717) is 25.9 Å². The maximum absolute atomic E-state index is 12.7. The lowest BCUT2D eigenvalue weighted by Gasteiger charge is -2.48. The third kappa shape index (κ3) is 8.51. The van der Waals surface area contributed by atoms with Gasteiger partial charge in [0.1, 0.15) is 42.7 Å². The van der Waals surface area contributed by atoms with Gasteiger partial charge in [0.15, 0.2) is 18.7 Å². The van der Waals surface area contributed by atoms with E-state index in [1.165, 1.54) is 0 Å². The number of nitrogens with one attached hydrogen (secondary N) is 2. The SMILES string of the molecule is NC[C@H](O)[C@H](O)C(=O)N[C@@H]1C[C@H](N)C(O[C@H]2O[C@H](CNCCO)CCC2N)C(O)C1O[C@H]1OC(CO)C(O)[C@H](N)C1O. The molecule has 2 saturated heterocycles. The highest BCUT2D eigenvalue weighted by Crippen LogP contribution is 2.31. The minimum Gasteiger partial charge on any atom is -0.395 e. The van der Waals surface area contributed by atoms with Crippen molar-refractivity contribution in [3.05, 3.63) is 0 Å². The molecular weight excluding hydrogens is 564 g/mol. The molecule has 0 aromatic rings. The summed E-state index contributed by atoms with van der Waals surface area (Å²) in [5.41, 5.74) is 23.8. The van der Waals surface area contributed by atoms with Crippen molar-refractivity contribution in [3.63, 3.8) is 0 Å². The van der Waals surface area contributed by atoms with E-state index >= 15 is 0 Å². The molecule has 0 aromatic heterocycles. The average Bonchev–Trinajstić information content (AvgIpc) is 2.97. The molecule has 3 fully saturated rings. The van der Waals surface area contributed by atoms with Crippen LogP contribution < -0.4 is 33.6 Å². The molecule has 0 radical (unpaired) electrons. The Bertz CT molecular complexity index is 835. The summed E-state index contributed by atoms with van der Waals surface area (Å²) in [6.07, 6.45) is -13.6. The molecular formula is C24H48N6O12. The van der Waals surface area contributed by atoms with Crippen molar-refractivity contribution in [2.75, 3.05) is 32.8 Å². The fourth-order valence-corrected chi connectivity index (χ4v) is 5.35. The van der Waals surface area contributed by atoms with Crippen LogP contribution >= 0.6 is 0 Å². The van der Waals surface area contributed by atoms with Crippen molar-refractivity contribution in [2.45, 2.75) is 111 Å². The van der Waals surface area contributed by atoms with E-state index < -0.39 is 105 Å². The lowest BCUT2D eigenvalue weighted by molar-refractivity contribution is -0.314. The Labute approximate surface area is 243 Å². The molecule has 3 rings (SSSR count). The zero-order valence-corrected chi connectivity index (χ0v) is 23.3. The molecule has 1 amide bonds. The molecule has 1 aliphatic carbocycles. The van der Waals surface area contributed by atoms with Crippen LogP contribution in [0.25, 0.3) is 0 Å². The maximum Gasteiger partial charge on any atom is 0.251 e. The summed E-state index contributed by atoms with van der Waals surface area (Å²) >= 11 is 0. The molecule has 0 spiro atoms. The topological polar surface area (TPSA) is 324 Å². The first kappa shape index (κ1) is 35.3. The van der Waals surface area contributed by atoms with Crippen molar-refractivity contribution >= 4 is 5.91 Å². The minimum absolute atomic E-state index is 0.0428. The Hall–Kier alpha value is -1.17. The quantitative estimate of drug-likeness (QED) is 0.0858. The summed E-state index contributed by atoms with van der Waals surface area (Å²) in [5, 5.41) is 76.4. The largest absolute Gasteiger partial charge is 0.395 e. The van der Waals surface area contributed by atoms with Gasteiger partial charge in [-0.05, 0) is 19.3 Å². The first-order valence-corrected chi connectivity index (χ1v) is 14.1. The highest BCUT2D eigenvalue weighted by atomic mass is 16.7. The summed E-state index contributed by atoms with van der Waals surface area (Å²) in [5.74, 6) is -1.02. The van der Waals surface area contributed by atoms with Crippen molar-refractivity contribution in [2.24, 2.45) is 22.9 Å². The Balaban J connectivity index is 1.80. The lowest BCUT2D eigenvalue weighted by Crippen LogP contribution is -2.69. The number of amides is 1. The molecule has 2 aliphatic heterocycles. The van der Waals surface area contributed by atoms with E-state index in [1.807, 2.05) is 0 Å². The van der Waals surface area contributed by atoms with Gasteiger partial charge in [-0.15, -0.1) is 0 Å². The summed E-state index contributed by atoms with van der Waals surface area (Å²) in [6.45, 7) is -0.295. The van der Waals surface area contributed by atoms with Crippen molar-refractivity contribution in [3.8, 4) is 0 Å². The van der Waals surface area contributed by atoms with E-state index in [9.17, 15) is 35.4 Å². The van der Waals surface area contributed by atoms with Gasteiger partial charge in [-0.3, -0.25) is 4.79 Å². The van der Waals surface area contributed by atoms with Crippen molar-refractivity contribution in [1.82, 2.24) is 10.6 Å². The molecule has 0 aromatic carbocycles. The van der Waals surface area contributed by atoms with Crippen LogP contribution in [-0.2, 0) is 23.7 Å².